The van der Waals surface area contributed by atoms with Crippen LogP contribution >= 0.6 is 0 Å². The van der Waals surface area contributed by atoms with Crippen LogP contribution in [-0.2, 0) is 0 Å². The average molecular weight is 649 g/mol. The van der Waals surface area contributed by atoms with Crippen molar-refractivity contribution in [2.75, 3.05) is 0 Å². The smallest absolute Gasteiger partial charge is 0.166 e. The van der Waals surface area contributed by atoms with E-state index in [9.17, 15) is 0 Å². The van der Waals surface area contributed by atoms with Crippen molar-refractivity contribution in [3.8, 4) is 62.1 Å². The molecule has 1 aliphatic carbocycles. The molecule has 0 aliphatic heterocycles. The molecule has 4 heteroatoms. The molecule has 0 saturated carbocycles. The Hall–Kier alpha value is -6.91. The third-order valence-corrected chi connectivity index (χ3v) is 10.4. The maximum absolute atomic E-state index is 5.22. The minimum absolute atomic E-state index is 0.633. The van der Waals surface area contributed by atoms with Gasteiger partial charge in [-0.05, 0) is 68.1 Å². The number of benzene rings is 8. The van der Waals surface area contributed by atoms with Gasteiger partial charge in [0, 0.05) is 27.5 Å². The van der Waals surface area contributed by atoms with Gasteiger partial charge in [-0.1, -0.05) is 146 Å². The second-order valence-corrected chi connectivity index (χ2v) is 13.2. The summed E-state index contributed by atoms with van der Waals surface area (Å²) in [6.45, 7) is 0. The van der Waals surface area contributed by atoms with Crippen LogP contribution in [0, 0.1) is 0 Å². The zero-order valence-corrected chi connectivity index (χ0v) is 27.5. The van der Waals surface area contributed by atoms with Gasteiger partial charge in [-0.25, -0.2) is 15.0 Å². The van der Waals surface area contributed by atoms with Crippen LogP contribution in [0.3, 0.4) is 0 Å². The lowest BCUT2D eigenvalue weighted by Crippen LogP contribution is -2.04. The second kappa shape index (κ2) is 10.8. The van der Waals surface area contributed by atoms with Crippen LogP contribution < -0.4 is 0 Å². The lowest BCUT2D eigenvalue weighted by Gasteiger charge is -2.17. The third-order valence-electron chi connectivity index (χ3n) is 10.4. The molecule has 0 radical (unpaired) electrons. The van der Waals surface area contributed by atoms with Crippen molar-refractivity contribution in [1.29, 1.82) is 0 Å². The Balaban J connectivity index is 1.29. The first kappa shape index (κ1) is 28.0. The van der Waals surface area contributed by atoms with Crippen LogP contribution in [0.15, 0.2) is 170 Å². The summed E-state index contributed by atoms with van der Waals surface area (Å²) >= 11 is 0. The fraction of sp³-hybridized carbons (Fsp3) is 0. The first-order valence-corrected chi connectivity index (χ1v) is 17.3. The van der Waals surface area contributed by atoms with Crippen molar-refractivity contribution in [2.45, 2.75) is 0 Å². The van der Waals surface area contributed by atoms with E-state index < -0.39 is 0 Å². The van der Waals surface area contributed by atoms with E-state index in [-0.39, 0.29) is 0 Å². The SMILES string of the molecule is c1ccc(-c2nc(-c3ccccc3)nc(-c3cc4ccccc4cc3-n3c4cccc5c4c4c6c(cccc6ccc43)-c3ccccc3-5)n2)cc1. The third kappa shape index (κ3) is 4.17. The Morgan fingerprint density at radius 1 is 0.314 bits per heavy atom. The number of nitrogens with zero attached hydrogens (tertiary/aromatic N) is 4. The predicted molar refractivity (Wildman–Crippen MR) is 210 cm³/mol. The molecule has 2 heterocycles. The molecule has 0 N–H and O–H groups in total. The topological polar surface area (TPSA) is 43.6 Å². The summed E-state index contributed by atoms with van der Waals surface area (Å²) in [5.74, 6) is 1.92. The van der Waals surface area contributed by atoms with Crippen LogP contribution in [0.5, 0.6) is 0 Å². The van der Waals surface area contributed by atoms with Gasteiger partial charge >= 0.3 is 0 Å². The Labute approximate surface area is 294 Å². The summed E-state index contributed by atoms with van der Waals surface area (Å²) < 4.78 is 2.44. The molecule has 51 heavy (non-hydrogen) atoms. The molecule has 0 amide bonds. The van der Waals surface area contributed by atoms with Crippen molar-refractivity contribution in [3.05, 3.63) is 170 Å². The van der Waals surface area contributed by atoms with Gasteiger partial charge in [0.25, 0.3) is 0 Å². The van der Waals surface area contributed by atoms with E-state index in [2.05, 4.69) is 138 Å². The lowest BCUT2D eigenvalue weighted by molar-refractivity contribution is 1.07. The van der Waals surface area contributed by atoms with Gasteiger partial charge in [-0.3, -0.25) is 0 Å². The average Bonchev–Trinajstić information content (AvgIpc) is 3.49. The number of aromatic nitrogens is 4. The van der Waals surface area contributed by atoms with Gasteiger partial charge < -0.3 is 4.57 Å². The van der Waals surface area contributed by atoms with Crippen LogP contribution in [0.2, 0.25) is 0 Å². The molecule has 2 aromatic heterocycles. The number of hydrogen-bond donors (Lipinski definition) is 0. The summed E-state index contributed by atoms with van der Waals surface area (Å²) in [5.41, 5.74) is 11.2. The van der Waals surface area contributed by atoms with Crippen LogP contribution in [0.1, 0.15) is 0 Å². The molecule has 0 unspecified atom stereocenters. The first-order valence-electron chi connectivity index (χ1n) is 17.3. The molecule has 0 bridgehead atoms. The van der Waals surface area contributed by atoms with E-state index in [4.69, 9.17) is 15.0 Å². The highest BCUT2D eigenvalue weighted by Gasteiger charge is 2.26. The number of fused-ring (bicyclic) bond motifs is 4. The summed E-state index contributed by atoms with van der Waals surface area (Å²) in [4.78, 5) is 15.5. The zero-order valence-electron chi connectivity index (χ0n) is 27.5. The highest BCUT2D eigenvalue weighted by atomic mass is 15.1. The molecule has 10 aromatic rings. The van der Waals surface area contributed by atoms with Crippen molar-refractivity contribution in [2.24, 2.45) is 0 Å². The fourth-order valence-corrected chi connectivity index (χ4v) is 8.11. The minimum Gasteiger partial charge on any atom is -0.308 e. The van der Waals surface area contributed by atoms with Gasteiger partial charge in [0.2, 0.25) is 0 Å². The fourth-order valence-electron chi connectivity index (χ4n) is 8.11. The molecule has 0 atom stereocenters. The molecule has 0 saturated heterocycles. The predicted octanol–water partition coefficient (Wildman–Crippen LogP) is 11.9. The molecule has 4 nitrogen and oxygen atoms in total. The van der Waals surface area contributed by atoms with Gasteiger partial charge in [-0.15, -0.1) is 0 Å². The van der Waals surface area contributed by atoms with Crippen molar-refractivity contribution >= 4 is 43.4 Å². The highest BCUT2D eigenvalue weighted by molar-refractivity contribution is 6.30. The number of rotatable bonds is 4. The zero-order chi connectivity index (χ0) is 33.5. The first-order chi connectivity index (χ1) is 25.3. The van der Waals surface area contributed by atoms with Gasteiger partial charge in [0.05, 0.1) is 16.7 Å². The molecular weight excluding hydrogens is 621 g/mol. The summed E-state index contributed by atoms with van der Waals surface area (Å²) in [6.07, 6.45) is 0. The van der Waals surface area contributed by atoms with Crippen LogP contribution in [-0.4, -0.2) is 19.5 Å². The Bertz CT molecular complexity index is 2960. The van der Waals surface area contributed by atoms with Crippen molar-refractivity contribution in [1.82, 2.24) is 19.5 Å². The lowest BCUT2D eigenvalue weighted by atomic mass is 9.93. The molecule has 236 valence electrons. The maximum Gasteiger partial charge on any atom is 0.166 e. The molecular formula is C47H28N4. The minimum atomic E-state index is 0.633. The molecule has 8 aromatic carbocycles. The van der Waals surface area contributed by atoms with E-state index in [1.165, 1.54) is 43.8 Å². The summed E-state index contributed by atoms with van der Waals surface area (Å²) in [6, 6.07) is 60.3. The Morgan fingerprint density at radius 3 is 1.51 bits per heavy atom. The maximum atomic E-state index is 5.22. The van der Waals surface area contributed by atoms with Gasteiger partial charge in [0.1, 0.15) is 0 Å². The standard InChI is InChI=1S/C47H28N4/c1-3-13-30(14-4-1)45-48-46(31-15-5-2-6-16-31)50-47(49-45)38-27-32-17-7-8-18-33(32)28-41(38)51-39-24-12-23-37-35-21-10-9-20-34(35)36-22-11-19-29-25-26-40(51)44(42(29)36)43(37)39/h1-28H. The molecule has 0 fully saturated rings. The monoisotopic (exact) mass is 648 g/mol. The second-order valence-electron chi connectivity index (χ2n) is 13.2. The Morgan fingerprint density at radius 2 is 0.824 bits per heavy atom. The normalized spacial score (nSPS) is 11.9. The molecule has 11 rings (SSSR count). The van der Waals surface area contributed by atoms with E-state index >= 15 is 0 Å². The number of hydrogen-bond acceptors (Lipinski definition) is 3. The van der Waals surface area contributed by atoms with E-state index in [0.717, 1.165) is 44.2 Å². The van der Waals surface area contributed by atoms with Crippen molar-refractivity contribution in [3.63, 3.8) is 0 Å². The Kier molecular flexibility index (Phi) is 5.92. The van der Waals surface area contributed by atoms with Gasteiger partial charge in [-0.2, -0.15) is 0 Å². The van der Waals surface area contributed by atoms with Crippen LogP contribution in [0.4, 0.5) is 0 Å². The van der Waals surface area contributed by atoms with Gasteiger partial charge in [0.15, 0.2) is 17.5 Å². The summed E-state index contributed by atoms with van der Waals surface area (Å²) in [5, 5.41) is 7.35. The van der Waals surface area contributed by atoms with Crippen LogP contribution in [0.25, 0.3) is 105 Å². The van der Waals surface area contributed by atoms with E-state index in [0.29, 0.717) is 17.5 Å². The highest BCUT2D eigenvalue weighted by Crippen LogP contribution is 2.50. The van der Waals surface area contributed by atoms with E-state index in [1.54, 1.807) is 0 Å². The van der Waals surface area contributed by atoms with E-state index in [1.807, 2.05) is 36.4 Å². The quantitative estimate of drug-likeness (QED) is 0.191. The van der Waals surface area contributed by atoms with Crippen molar-refractivity contribution < 1.29 is 0 Å². The summed E-state index contributed by atoms with van der Waals surface area (Å²) in [7, 11) is 0. The molecule has 0 spiro atoms. The molecule has 1 aliphatic rings. The largest absolute Gasteiger partial charge is 0.308 e.